The number of nitrogens with two attached hydrogens (primary N) is 1. The van der Waals surface area contributed by atoms with Gasteiger partial charge in [-0.05, 0) is 30.7 Å². The summed E-state index contributed by atoms with van der Waals surface area (Å²) in [5.41, 5.74) is 7.33. The molecular formula is C37H52N4O13. The first-order valence-corrected chi connectivity index (χ1v) is 18.1. The maximum Gasteiger partial charge on any atom is 0.264 e. The molecule has 1 fully saturated rings. The molecule has 1 unspecified atom stereocenters. The molecular weight excluding hydrogens is 708 g/mol. The van der Waals surface area contributed by atoms with Crippen LogP contribution in [0.25, 0.3) is 0 Å². The van der Waals surface area contributed by atoms with Crippen LogP contribution in [0.4, 0.5) is 11.4 Å². The number of carbonyl (C=O) groups is 4. The number of benzene rings is 2. The number of ether oxygens (including phenoxy) is 9. The first-order valence-electron chi connectivity index (χ1n) is 18.1. The second-order valence-electron chi connectivity index (χ2n) is 11.9. The van der Waals surface area contributed by atoms with Crippen LogP contribution >= 0.6 is 0 Å². The van der Waals surface area contributed by atoms with E-state index in [1.807, 2.05) is 18.2 Å². The largest absolute Gasteiger partial charge is 0.489 e. The van der Waals surface area contributed by atoms with Gasteiger partial charge in [0.05, 0.1) is 123 Å². The minimum absolute atomic E-state index is 0.0652. The zero-order chi connectivity index (χ0) is 38.2. The van der Waals surface area contributed by atoms with Crippen LogP contribution in [-0.4, -0.2) is 153 Å². The molecule has 4 N–H and O–H groups in total. The van der Waals surface area contributed by atoms with Crippen LogP contribution < -0.4 is 21.1 Å². The number of piperidine rings is 1. The number of nitrogen functional groups attached to an aromatic ring is 1. The van der Waals surface area contributed by atoms with Gasteiger partial charge < -0.3 is 53.7 Å². The maximum atomic E-state index is 13.1. The minimum atomic E-state index is -1.01. The van der Waals surface area contributed by atoms with Crippen LogP contribution in [0.1, 0.15) is 33.6 Å². The van der Waals surface area contributed by atoms with Crippen LogP contribution in [0.2, 0.25) is 0 Å². The average molecular weight is 761 g/mol. The molecule has 0 radical (unpaired) electrons. The molecule has 4 rings (SSSR count). The molecule has 298 valence electrons. The molecule has 1 saturated heterocycles. The summed E-state index contributed by atoms with van der Waals surface area (Å²) in [6.45, 7) is 7.87. The van der Waals surface area contributed by atoms with Gasteiger partial charge in [-0.3, -0.25) is 29.4 Å². The number of carbonyl (C=O) groups excluding carboxylic acids is 4. The first-order chi connectivity index (χ1) is 26.5. The van der Waals surface area contributed by atoms with E-state index in [1.54, 1.807) is 24.3 Å². The van der Waals surface area contributed by atoms with E-state index in [-0.39, 0.29) is 24.0 Å². The van der Waals surface area contributed by atoms with Crippen LogP contribution in [-0.2, 0) is 47.5 Å². The van der Waals surface area contributed by atoms with Crippen molar-refractivity contribution in [3.63, 3.8) is 0 Å². The van der Waals surface area contributed by atoms with Crippen molar-refractivity contribution < 1.29 is 61.8 Å². The Morgan fingerprint density at radius 2 is 1.11 bits per heavy atom. The fraction of sp³-hybridized carbons (Fsp3) is 0.568. The second kappa shape index (κ2) is 25.0. The minimum Gasteiger partial charge on any atom is -0.489 e. The Morgan fingerprint density at radius 3 is 1.63 bits per heavy atom. The Labute approximate surface area is 314 Å². The van der Waals surface area contributed by atoms with E-state index < -0.39 is 29.7 Å². The van der Waals surface area contributed by atoms with Crippen LogP contribution in [0.3, 0.4) is 0 Å². The van der Waals surface area contributed by atoms with Crippen molar-refractivity contribution in [3.05, 3.63) is 53.6 Å². The van der Waals surface area contributed by atoms with E-state index in [2.05, 4.69) is 10.6 Å². The molecule has 2 aromatic carbocycles. The predicted molar refractivity (Wildman–Crippen MR) is 195 cm³/mol. The molecule has 0 spiro atoms. The number of nitrogens with one attached hydrogen (secondary N) is 2. The molecule has 0 saturated carbocycles. The molecule has 1 atom stereocenters. The van der Waals surface area contributed by atoms with Gasteiger partial charge >= 0.3 is 0 Å². The monoisotopic (exact) mass is 760 g/mol. The third-order valence-electron chi connectivity index (χ3n) is 8.04. The van der Waals surface area contributed by atoms with Gasteiger partial charge in [0, 0.05) is 18.7 Å². The number of hydrogen-bond acceptors (Lipinski definition) is 15. The molecule has 17 heteroatoms. The predicted octanol–water partition coefficient (Wildman–Crippen LogP) is 1.29. The number of anilines is 2. The van der Waals surface area contributed by atoms with Crippen molar-refractivity contribution in [2.75, 3.05) is 130 Å². The van der Waals surface area contributed by atoms with Crippen LogP contribution in [0.5, 0.6) is 5.75 Å². The molecule has 0 bridgehead atoms. The quantitative estimate of drug-likeness (QED) is 0.0583. The zero-order valence-electron chi connectivity index (χ0n) is 30.6. The van der Waals surface area contributed by atoms with E-state index in [4.69, 9.17) is 48.4 Å². The molecule has 4 amide bonds. The van der Waals surface area contributed by atoms with E-state index in [0.29, 0.717) is 136 Å². The van der Waals surface area contributed by atoms with Crippen molar-refractivity contribution in [1.82, 2.24) is 10.2 Å². The number of para-hydroxylation sites is 2. The summed E-state index contributed by atoms with van der Waals surface area (Å²) in [6, 6.07) is 11.2. The van der Waals surface area contributed by atoms with Gasteiger partial charge in [-0.1, -0.05) is 18.2 Å². The number of nitrogens with zero attached hydrogens (tertiary/aromatic N) is 1. The van der Waals surface area contributed by atoms with Gasteiger partial charge in [0.1, 0.15) is 18.4 Å². The lowest BCUT2D eigenvalue weighted by Gasteiger charge is -2.27. The maximum absolute atomic E-state index is 13.1. The first kappa shape index (κ1) is 42.5. The fourth-order valence-electron chi connectivity index (χ4n) is 5.38. The second-order valence-corrected chi connectivity index (χ2v) is 11.9. The zero-order valence-corrected chi connectivity index (χ0v) is 30.6. The summed E-state index contributed by atoms with van der Waals surface area (Å²) in [5.74, 6) is -1.52. The topological polar surface area (TPSA) is 205 Å². The Morgan fingerprint density at radius 1 is 0.611 bits per heavy atom. The lowest BCUT2D eigenvalue weighted by molar-refractivity contribution is -0.136. The SMILES string of the molecule is Nc1ccccc1OCCOCCOCCOCCOCCOCCOCCOCCOCCNc1cccc2c1C(=O)N(C1CCC(=O)NC1=O)C2=O. The van der Waals surface area contributed by atoms with E-state index in [9.17, 15) is 19.2 Å². The smallest absolute Gasteiger partial charge is 0.264 e. The molecule has 54 heavy (non-hydrogen) atoms. The highest BCUT2D eigenvalue weighted by molar-refractivity contribution is 6.25. The summed E-state index contributed by atoms with van der Waals surface area (Å²) in [5, 5.41) is 5.33. The third-order valence-corrected chi connectivity index (χ3v) is 8.04. The average Bonchev–Trinajstić information content (AvgIpc) is 3.42. The summed E-state index contributed by atoms with van der Waals surface area (Å²) < 4.78 is 49.6. The highest BCUT2D eigenvalue weighted by Gasteiger charge is 2.45. The van der Waals surface area contributed by atoms with Gasteiger partial charge in [-0.2, -0.15) is 0 Å². The Hall–Kier alpha value is -4.20. The molecule has 2 aliphatic rings. The standard InChI is InChI=1S/C37H52N4O13/c38-29-5-1-2-7-32(29)54-27-26-53-25-24-52-23-22-51-21-20-50-19-18-49-17-16-48-15-14-47-13-12-46-11-10-39-30-6-3-4-28-34(30)37(45)41(36(28)44)31-8-9-33(42)40-35(31)43/h1-7,31,39H,8-27,38H2,(H,40,42,43). The van der Waals surface area contributed by atoms with Crippen LogP contribution in [0, 0.1) is 0 Å². The summed E-state index contributed by atoms with van der Waals surface area (Å²) in [7, 11) is 0. The van der Waals surface area contributed by atoms with Crippen molar-refractivity contribution in [1.29, 1.82) is 0 Å². The van der Waals surface area contributed by atoms with Gasteiger partial charge in [0.2, 0.25) is 11.8 Å². The van der Waals surface area contributed by atoms with Gasteiger partial charge in [-0.15, -0.1) is 0 Å². The number of hydrogen-bond donors (Lipinski definition) is 3. The highest BCUT2D eigenvalue weighted by Crippen LogP contribution is 2.32. The van der Waals surface area contributed by atoms with Gasteiger partial charge in [0.25, 0.3) is 11.8 Å². The van der Waals surface area contributed by atoms with Gasteiger partial charge in [0.15, 0.2) is 0 Å². The van der Waals surface area contributed by atoms with Crippen molar-refractivity contribution in [2.24, 2.45) is 0 Å². The lowest BCUT2D eigenvalue weighted by atomic mass is 10.0. The molecule has 2 aliphatic heterocycles. The lowest BCUT2D eigenvalue weighted by Crippen LogP contribution is -2.54. The molecule has 2 heterocycles. The van der Waals surface area contributed by atoms with Crippen LogP contribution in [0.15, 0.2) is 42.5 Å². The number of fused-ring (bicyclic) bond motifs is 1. The Bertz CT molecular complexity index is 1460. The molecule has 0 aliphatic carbocycles. The fourth-order valence-corrected chi connectivity index (χ4v) is 5.38. The van der Waals surface area contributed by atoms with E-state index >= 15 is 0 Å². The van der Waals surface area contributed by atoms with E-state index in [1.165, 1.54) is 0 Å². The number of amides is 4. The molecule has 0 aromatic heterocycles. The summed E-state index contributed by atoms with van der Waals surface area (Å²) in [4.78, 5) is 50.8. The van der Waals surface area contributed by atoms with Gasteiger partial charge in [-0.25, -0.2) is 0 Å². The Kier molecular flexibility index (Phi) is 19.7. The molecule has 2 aromatic rings. The van der Waals surface area contributed by atoms with E-state index in [0.717, 1.165) is 4.90 Å². The van der Waals surface area contributed by atoms with Crippen molar-refractivity contribution in [2.45, 2.75) is 18.9 Å². The number of imide groups is 2. The summed E-state index contributed by atoms with van der Waals surface area (Å²) >= 11 is 0. The highest BCUT2D eigenvalue weighted by atomic mass is 16.6. The Balaban J connectivity index is 0.859. The van der Waals surface area contributed by atoms with Crippen molar-refractivity contribution >= 4 is 35.0 Å². The summed E-state index contributed by atoms with van der Waals surface area (Å²) in [6.07, 6.45) is 0.168. The number of rotatable bonds is 30. The third kappa shape index (κ3) is 14.6. The van der Waals surface area contributed by atoms with Crippen molar-refractivity contribution in [3.8, 4) is 5.75 Å². The molecule has 17 nitrogen and oxygen atoms in total. The normalized spacial score (nSPS) is 15.5.